The maximum absolute atomic E-state index is 11.1. The summed E-state index contributed by atoms with van der Waals surface area (Å²) in [6.07, 6.45) is 7.45. The maximum Gasteiger partial charge on any atom is 0.698 e. The summed E-state index contributed by atoms with van der Waals surface area (Å²) < 4.78 is 20.9. The quantitative estimate of drug-likeness (QED) is 0.287. The lowest BCUT2D eigenvalue weighted by atomic mass is 10.2. The highest BCUT2D eigenvalue weighted by Gasteiger charge is 2.31. The van der Waals surface area contributed by atoms with Crippen molar-refractivity contribution < 1.29 is 13.6 Å². The standard InChI is InChI=1S/C9H14O3P/c1-5-7-8-11-13(10)12-9(3,4)6-2/h2,5H,1,7-8H2,3-4H3/q+1. The van der Waals surface area contributed by atoms with Crippen LogP contribution in [0.15, 0.2) is 12.7 Å². The van der Waals surface area contributed by atoms with Gasteiger partial charge in [0.1, 0.15) is 6.61 Å². The topological polar surface area (TPSA) is 35.5 Å². The lowest BCUT2D eigenvalue weighted by Gasteiger charge is -2.06. The molecule has 72 valence electrons. The largest absolute Gasteiger partial charge is 0.698 e. The van der Waals surface area contributed by atoms with Gasteiger partial charge in [0.05, 0.1) is 0 Å². The van der Waals surface area contributed by atoms with E-state index in [9.17, 15) is 4.57 Å². The molecule has 0 spiro atoms. The second kappa shape index (κ2) is 5.88. The Morgan fingerprint density at radius 1 is 1.69 bits per heavy atom. The van der Waals surface area contributed by atoms with E-state index < -0.39 is 13.9 Å². The van der Waals surface area contributed by atoms with Crippen LogP contribution in [-0.4, -0.2) is 12.2 Å². The lowest BCUT2D eigenvalue weighted by molar-refractivity contribution is 0.141. The average molecular weight is 201 g/mol. The Kier molecular flexibility index (Phi) is 5.57. The molecule has 0 heterocycles. The van der Waals surface area contributed by atoms with Gasteiger partial charge in [-0.2, -0.15) is 0 Å². The Morgan fingerprint density at radius 3 is 2.77 bits per heavy atom. The highest BCUT2D eigenvalue weighted by molar-refractivity contribution is 7.33. The van der Waals surface area contributed by atoms with Crippen LogP contribution in [-0.2, 0) is 13.6 Å². The molecule has 0 rings (SSSR count). The number of hydrogen-bond acceptors (Lipinski definition) is 3. The van der Waals surface area contributed by atoms with E-state index in [4.69, 9.17) is 15.5 Å². The van der Waals surface area contributed by atoms with Gasteiger partial charge in [-0.15, -0.1) is 17.5 Å². The van der Waals surface area contributed by atoms with Gasteiger partial charge in [-0.1, -0.05) is 16.5 Å². The van der Waals surface area contributed by atoms with Gasteiger partial charge >= 0.3 is 8.25 Å². The first-order valence-corrected chi connectivity index (χ1v) is 4.99. The molecule has 0 aliphatic heterocycles. The van der Waals surface area contributed by atoms with Crippen molar-refractivity contribution in [3.63, 3.8) is 0 Å². The molecule has 3 nitrogen and oxygen atoms in total. The molecule has 4 heteroatoms. The van der Waals surface area contributed by atoms with Crippen molar-refractivity contribution in [1.29, 1.82) is 0 Å². The van der Waals surface area contributed by atoms with Crippen LogP contribution in [0, 0.1) is 12.3 Å². The van der Waals surface area contributed by atoms with Crippen molar-refractivity contribution in [2.45, 2.75) is 25.9 Å². The predicted molar refractivity (Wildman–Crippen MR) is 52.4 cm³/mol. The van der Waals surface area contributed by atoms with Gasteiger partial charge in [0.15, 0.2) is 5.60 Å². The van der Waals surface area contributed by atoms with E-state index in [0.717, 1.165) is 0 Å². The Hall–Kier alpha value is -0.680. The summed E-state index contributed by atoms with van der Waals surface area (Å²) in [5.74, 6) is 2.36. The zero-order chi connectivity index (χ0) is 10.3. The molecule has 0 fully saturated rings. The van der Waals surface area contributed by atoms with Crippen LogP contribution in [0.5, 0.6) is 0 Å². The van der Waals surface area contributed by atoms with Gasteiger partial charge in [0.25, 0.3) is 0 Å². The van der Waals surface area contributed by atoms with Crippen molar-refractivity contribution in [3.05, 3.63) is 12.7 Å². The Balaban J connectivity index is 3.76. The minimum absolute atomic E-state index is 0.333. The number of hydrogen-bond donors (Lipinski definition) is 0. The third kappa shape index (κ3) is 6.48. The molecule has 0 aromatic carbocycles. The molecule has 0 bridgehead atoms. The van der Waals surface area contributed by atoms with Crippen LogP contribution < -0.4 is 0 Å². The van der Waals surface area contributed by atoms with Crippen molar-refractivity contribution in [3.8, 4) is 12.3 Å². The molecule has 0 radical (unpaired) electrons. The molecule has 0 aliphatic rings. The SMILES string of the molecule is C#CC(C)(C)O[P+](=O)OCCC=C. The third-order valence-electron chi connectivity index (χ3n) is 1.17. The van der Waals surface area contributed by atoms with Crippen LogP contribution in [0.3, 0.4) is 0 Å². The highest BCUT2D eigenvalue weighted by atomic mass is 31.1. The predicted octanol–water partition coefficient (Wildman–Crippen LogP) is 2.66. The van der Waals surface area contributed by atoms with Gasteiger partial charge in [-0.25, -0.2) is 0 Å². The maximum atomic E-state index is 11.1. The van der Waals surface area contributed by atoms with E-state index in [1.807, 2.05) is 0 Å². The molecule has 0 aliphatic carbocycles. The Bertz CT molecular complexity index is 228. The Labute approximate surface area is 80.1 Å². The van der Waals surface area contributed by atoms with E-state index in [1.54, 1.807) is 19.9 Å². The first-order chi connectivity index (χ1) is 6.02. The molecular weight excluding hydrogens is 187 g/mol. The summed E-state index contributed by atoms with van der Waals surface area (Å²) >= 11 is 0. The average Bonchev–Trinajstić information content (AvgIpc) is 2.04. The second-order valence-corrected chi connectivity index (χ2v) is 3.77. The summed E-state index contributed by atoms with van der Waals surface area (Å²) in [5.41, 5.74) is -0.846. The minimum Gasteiger partial charge on any atom is -0.119 e. The molecule has 1 atom stereocenters. The fraction of sp³-hybridized carbons (Fsp3) is 0.556. The smallest absolute Gasteiger partial charge is 0.119 e. The molecule has 0 aromatic heterocycles. The fourth-order valence-corrected chi connectivity index (χ4v) is 1.18. The van der Waals surface area contributed by atoms with E-state index in [2.05, 4.69) is 12.5 Å². The zero-order valence-corrected chi connectivity index (χ0v) is 8.84. The fourth-order valence-electron chi connectivity index (χ4n) is 0.450. The molecule has 0 aromatic rings. The molecular formula is C9H14O3P+. The number of terminal acetylenes is 1. The number of rotatable bonds is 6. The van der Waals surface area contributed by atoms with E-state index in [1.165, 1.54) is 0 Å². The molecule has 13 heavy (non-hydrogen) atoms. The molecule has 0 N–H and O–H groups in total. The zero-order valence-electron chi connectivity index (χ0n) is 7.95. The normalized spacial score (nSPS) is 11.9. The van der Waals surface area contributed by atoms with Crippen LogP contribution in [0.2, 0.25) is 0 Å². The third-order valence-corrected chi connectivity index (χ3v) is 2.17. The lowest BCUT2D eigenvalue weighted by Crippen LogP contribution is -2.17. The van der Waals surface area contributed by atoms with Crippen molar-refractivity contribution in [2.75, 3.05) is 6.61 Å². The first-order valence-electron chi connectivity index (χ1n) is 3.90. The summed E-state index contributed by atoms with van der Waals surface area (Å²) in [7, 11) is -2.13. The van der Waals surface area contributed by atoms with Gasteiger partial charge in [-0.3, -0.25) is 0 Å². The summed E-state index contributed by atoms with van der Waals surface area (Å²) in [5, 5.41) is 0. The monoisotopic (exact) mass is 201 g/mol. The van der Waals surface area contributed by atoms with Crippen LogP contribution >= 0.6 is 8.25 Å². The second-order valence-electron chi connectivity index (χ2n) is 2.88. The van der Waals surface area contributed by atoms with Gasteiger partial charge in [0.2, 0.25) is 0 Å². The Morgan fingerprint density at radius 2 is 2.31 bits per heavy atom. The van der Waals surface area contributed by atoms with Crippen LogP contribution in [0.1, 0.15) is 20.3 Å². The molecule has 0 amide bonds. The summed E-state index contributed by atoms with van der Waals surface area (Å²) in [4.78, 5) is 0. The first kappa shape index (κ1) is 12.3. The van der Waals surface area contributed by atoms with Gasteiger partial charge in [0, 0.05) is 4.57 Å². The van der Waals surface area contributed by atoms with Crippen LogP contribution in [0.4, 0.5) is 0 Å². The molecule has 1 unspecified atom stereocenters. The summed E-state index contributed by atoms with van der Waals surface area (Å²) in [6.45, 7) is 7.13. The molecule has 0 saturated carbocycles. The van der Waals surface area contributed by atoms with E-state index in [0.29, 0.717) is 13.0 Å². The minimum atomic E-state index is -2.13. The van der Waals surface area contributed by atoms with Crippen molar-refractivity contribution in [2.24, 2.45) is 0 Å². The van der Waals surface area contributed by atoms with E-state index in [-0.39, 0.29) is 0 Å². The van der Waals surface area contributed by atoms with Gasteiger partial charge < -0.3 is 0 Å². The van der Waals surface area contributed by atoms with Crippen LogP contribution in [0.25, 0.3) is 0 Å². The molecule has 0 saturated heterocycles. The summed E-state index contributed by atoms with van der Waals surface area (Å²) in [6, 6.07) is 0. The van der Waals surface area contributed by atoms with E-state index >= 15 is 0 Å². The van der Waals surface area contributed by atoms with Gasteiger partial charge in [-0.05, 0) is 20.3 Å². The highest BCUT2D eigenvalue weighted by Crippen LogP contribution is 2.30. The van der Waals surface area contributed by atoms with Crippen molar-refractivity contribution >= 4 is 8.25 Å². The van der Waals surface area contributed by atoms with Crippen molar-refractivity contribution in [1.82, 2.24) is 0 Å².